The number of hydrogen-bond acceptors (Lipinski definition) is 4. The van der Waals surface area contributed by atoms with Gasteiger partial charge < -0.3 is 9.64 Å². The number of amides is 1. The lowest BCUT2D eigenvalue weighted by Crippen LogP contribution is -2.33. The number of benzene rings is 1. The average Bonchev–Trinajstić information content (AvgIpc) is 3.04. The van der Waals surface area contributed by atoms with Crippen LogP contribution < -0.4 is 9.04 Å². The predicted octanol–water partition coefficient (Wildman–Crippen LogP) is 1.86. The summed E-state index contributed by atoms with van der Waals surface area (Å²) in [5.74, 6) is 0.611. The fourth-order valence-electron chi connectivity index (χ4n) is 2.80. The van der Waals surface area contributed by atoms with E-state index in [1.54, 1.807) is 24.3 Å². The third-order valence-corrected chi connectivity index (χ3v) is 5.14. The Morgan fingerprint density at radius 1 is 1.26 bits per heavy atom. The van der Waals surface area contributed by atoms with Crippen molar-refractivity contribution in [1.82, 2.24) is 4.90 Å². The second-order valence-electron chi connectivity index (χ2n) is 5.70. The molecule has 2 rings (SSSR count). The van der Waals surface area contributed by atoms with E-state index in [1.165, 1.54) is 17.7 Å². The smallest absolute Gasteiger partial charge is 0.232 e. The summed E-state index contributed by atoms with van der Waals surface area (Å²) in [4.78, 5) is 13.9. The van der Waals surface area contributed by atoms with E-state index in [2.05, 4.69) is 0 Å². The Labute approximate surface area is 138 Å². The molecular weight excluding hydrogens is 316 g/mol. The van der Waals surface area contributed by atoms with Crippen LogP contribution in [0.2, 0.25) is 0 Å². The second kappa shape index (κ2) is 7.68. The number of hydrogen-bond donors (Lipinski definition) is 0. The van der Waals surface area contributed by atoms with Gasteiger partial charge in [-0.15, -0.1) is 0 Å². The molecule has 0 unspecified atom stereocenters. The van der Waals surface area contributed by atoms with Gasteiger partial charge >= 0.3 is 0 Å². The molecule has 0 spiro atoms. The van der Waals surface area contributed by atoms with Crippen LogP contribution >= 0.6 is 0 Å². The highest BCUT2D eigenvalue weighted by molar-refractivity contribution is 7.92. The lowest BCUT2D eigenvalue weighted by Gasteiger charge is -2.24. The fraction of sp³-hybridized carbons (Fsp3) is 0.562. The molecule has 0 bridgehead atoms. The molecule has 1 aromatic carbocycles. The standard InChI is InChI=1S/C16H24N2O4S/c1-22-15-9-4-3-8-14(15)18(23(2,20)21)13-7-10-16(19)17-11-5-6-12-17/h3-4,8-9H,5-7,10-13H2,1-2H3. The monoisotopic (exact) mass is 340 g/mol. The first kappa shape index (κ1) is 17.6. The van der Waals surface area contributed by atoms with Gasteiger partial charge in [-0.1, -0.05) is 12.1 Å². The van der Waals surface area contributed by atoms with Crippen LogP contribution in [0.15, 0.2) is 24.3 Å². The van der Waals surface area contributed by atoms with Crippen LogP contribution in [0.4, 0.5) is 5.69 Å². The van der Waals surface area contributed by atoms with E-state index in [9.17, 15) is 13.2 Å². The van der Waals surface area contributed by atoms with E-state index in [1.807, 2.05) is 4.90 Å². The van der Waals surface area contributed by atoms with Gasteiger partial charge in [0.15, 0.2) is 0 Å². The predicted molar refractivity (Wildman–Crippen MR) is 90.2 cm³/mol. The maximum atomic E-state index is 12.1. The van der Waals surface area contributed by atoms with Gasteiger partial charge in [-0.25, -0.2) is 8.42 Å². The minimum absolute atomic E-state index is 0.107. The number of nitrogens with zero attached hydrogens (tertiary/aromatic N) is 2. The van der Waals surface area contributed by atoms with Crippen LogP contribution in [0.1, 0.15) is 25.7 Å². The topological polar surface area (TPSA) is 66.9 Å². The number of methoxy groups -OCH3 is 1. The molecule has 0 aliphatic carbocycles. The van der Waals surface area contributed by atoms with Crippen LogP contribution in [0.25, 0.3) is 0 Å². The molecule has 0 saturated carbocycles. The van der Waals surface area contributed by atoms with Gasteiger partial charge in [-0.2, -0.15) is 0 Å². The van der Waals surface area contributed by atoms with Crippen LogP contribution in [0.5, 0.6) is 5.75 Å². The Bertz CT molecular complexity index is 639. The first-order valence-corrected chi connectivity index (χ1v) is 9.67. The number of para-hydroxylation sites is 2. The van der Waals surface area contributed by atoms with E-state index < -0.39 is 10.0 Å². The van der Waals surface area contributed by atoms with E-state index >= 15 is 0 Å². The molecule has 1 saturated heterocycles. The summed E-state index contributed by atoms with van der Waals surface area (Å²) >= 11 is 0. The quantitative estimate of drug-likeness (QED) is 0.760. The van der Waals surface area contributed by atoms with Gasteiger partial charge in [-0.3, -0.25) is 9.10 Å². The van der Waals surface area contributed by atoms with Crippen molar-refractivity contribution in [3.8, 4) is 5.75 Å². The number of carbonyl (C=O) groups is 1. The van der Waals surface area contributed by atoms with Crippen LogP contribution in [0.3, 0.4) is 0 Å². The van der Waals surface area contributed by atoms with Crippen molar-refractivity contribution >= 4 is 21.6 Å². The van der Waals surface area contributed by atoms with Crippen molar-refractivity contribution in [2.75, 3.05) is 37.3 Å². The molecule has 128 valence electrons. The fourth-order valence-corrected chi connectivity index (χ4v) is 3.77. The minimum Gasteiger partial charge on any atom is -0.495 e. The molecule has 0 N–H and O–H groups in total. The van der Waals surface area contributed by atoms with Crippen LogP contribution in [-0.4, -0.2) is 52.2 Å². The molecule has 1 aromatic rings. The Morgan fingerprint density at radius 2 is 1.91 bits per heavy atom. The third-order valence-electron chi connectivity index (χ3n) is 3.96. The lowest BCUT2D eigenvalue weighted by atomic mass is 10.2. The highest BCUT2D eigenvalue weighted by Crippen LogP contribution is 2.29. The minimum atomic E-state index is -3.44. The molecular formula is C16H24N2O4S. The number of sulfonamides is 1. The van der Waals surface area contributed by atoms with Gasteiger partial charge in [0.05, 0.1) is 19.1 Å². The first-order valence-electron chi connectivity index (χ1n) is 7.82. The summed E-state index contributed by atoms with van der Waals surface area (Å²) in [5.41, 5.74) is 0.506. The van der Waals surface area contributed by atoms with Crippen molar-refractivity contribution in [3.63, 3.8) is 0 Å². The normalized spacial score (nSPS) is 14.8. The van der Waals surface area contributed by atoms with Gasteiger partial charge in [0.1, 0.15) is 5.75 Å². The first-order chi connectivity index (χ1) is 10.9. The van der Waals surface area contributed by atoms with Crippen molar-refractivity contribution in [2.45, 2.75) is 25.7 Å². The van der Waals surface area contributed by atoms with E-state index in [0.29, 0.717) is 24.3 Å². The molecule has 1 aliphatic rings. The number of rotatable bonds is 7. The highest BCUT2D eigenvalue weighted by atomic mass is 32.2. The van der Waals surface area contributed by atoms with Crippen LogP contribution in [0, 0.1) is 0 Å². The molecule has 1 fully saturated rings. The molecule has 0 atom stereocenters. The second-order valence-corrected chi connectivity index (χ2v) is 7.61. The Balaban J connectivity index is 2.04. The Hall–Kier alpha value is -1.76. The van der Waals surface area contributed by atoms with E-state index in [0.717, 1.165) is 25.9 Å². The summed E-state index contributed by atoms with van der Waals surface area (Å²) in [6, 6.07) is 7.00. The van der Waals surface area contributed by atoms with Gasteiger partial charge in [0.2, 0.25) is 15.9 Å². The molecule has 6 nitrogen and oxygen atoms in total. The lowest BCUT2D eigenvalue weighted by molar-refractivity contribution is -0.130. The molecule has 1 aliphatic heterocycles. The number of anilines is 1. The average molecular weight is 340 g/mol. The summed E-state index contributed by atoms with van der Waals surface area (Å²) < 4.78 is 30.8. The summed E-state index contributed by atoms with van der Waals surface area (Å²) in [7, 11) is -1.93. The van der Waals surface area contributed by atoms with Crippen molar-refractivity contribution < 1.29 is 17.9 Å². The van der Waals surface area contributed by atoms with Gasteiger partial charge in [-0.05, 0) is 31.4 Å². The van der Waals surface area contributed by atoms with E-state index in [-0.39, 0.29) is 12.5 Å². The van der Waals surface area contributed by atoms with Gasteiger partial charge in [0.25, 0.3) is 0 Å². The van der Waals surface area contributed by atoms with Crippen molar-refractivity contribution in [2.24, 2.45) is 0 Å². The summed E-state index contributed by atoms with van der Waals surface area (Å²) in [6.45, 7) is 1.90. The summed E-state index contributed by atoms with van der Waals surface area (Å²) in [6.07, 6.45) is 4.13. The van der Waals surface area contributed by atoms with Crippen molar-refractivity contribution in [3.05, 3.63) is 24.3 Å². The Morgan fingerprint density at radius 3 is 2.52 bits per heavy atom. The van der Waals surface area contributed by atoms with Crippen molar-refractivity contribution in [1.29, 1.82) is 0 Å². The van der Waals surface area contributed by atoms with Crippen LogP contribution in [-0.2, 0) is 14.8 Å². The molecule has 0 radical (unpaired) electrons. The molecule has 0 aromatic heterocycles. The molecule has 7 heteroatoms. The number of likely N-dealkylation sites (tertiary alicyclic amines) is 1. The summed E-state index contributed by atoms with van der Waals surface area (Å²) in [5, 5.41) is 0. The van der Waals surface area contributed by atoms with E-state index in [4.69, 9.17) is 4.74 Å². The molecule has 23 heavy (non-hydrogen) atoms. The highest BCUT2D eigenvalue weighted by Gasteiger charge is 2.22. The zero-order chi connectivity index (χ0) is 16.9. The molecule has 1 amide bonds. The zero-order valence-electron chi connectivity index (χ0n) is 13.7. The molecule has 1 heterocycles. The number of ether oxygens (including phenoxy) is 1. The zero-order valence-corrected chi connectivity index (χ0v) is 14.5. The SMILES string of the molecule is COc1ccccc1N(CCCC(=O)N1CCCC1)S(C)(=O)=O. The largest absolute Gasteiger partial charge is 0.495 e. The van der Waals surface area contributed by atoms with Gasteiger partial charge in [0, 0.05) is 26.1 Å². The Kier molecular flexibility index (Phi) is 5.87. The maximum absolute atomic E-state index is 12.1. The third kappa shape index (κ3) is 4.60. The maximum Gasteiger partial charge on any atom is 0.232 e. The number of carbonyl (C=O) groups excluding carboxylic acids is 1.